The van der Waals surface area contributed by atoms with Crippen molar-refractivity contribution >= 4 is 51.8 Å². The maximum Gasteiger partial charge on any atom is 0.305 e. The van der Waals surface area contributed by atoms with Crippen LogP contribution in [0.5, 0.6) is 5.75 Å². The van der Waals surface area contributed by atoms with Gasteiger partial charge in [-0.2, -0.15) is 0 Å². The Balaban J connectivity index is 1.27. The number of carbonyl (C=O) groups excluding carboxylic acids is 4. The van der Waals surface area contributed by atoms with Crippen molar-refractivity contribution in [1.82, 2.24) is 0 Å². The summed E-state index contributed by atoms with van der Waals surface area (Å²) in [6.45, 7) is 12.0. The summed E-state index contributed by atoms with van der Waals surface area (Å²) >= 11 is 1.11. The number of nitrogens with one attached hydrogen (secondary N) is 2. The lowest BCUT2D eigenvalue weighted by Gasteiger charge is -2.28. The van der Waals surface area contributed by atoms with Crippen LogP contribution in [0.4, 0.5) is 17.1 Å². The molecule has 0 radical (unpaired) electrons. The molecule has 0 aromatic heterocycles. The van der Waals surface area contributed by atoms with Crippen molar-refractivity contribution < 1.29 is 33.8 Å². The largest absolute Gasteiger partial charge is 0.507 e. The minimum atomic E-state index is -0.476. The van der Waals surface area contributed by atoms with Gasteiger partial charge in [0.2, 0.25) is 5.91 Å². The summed E-state index contributed by atoms with van der Waals surface area (Å²) in [5.74, 6) is -0.890. The fraction of sp³-hybridized carbons (Fsp3) is 0.421. The molecule has 0 aliphatic heterocycles. The number of carbonyl (C=O) groups is 4. The Morgan fingerprint density at radius 1 is 0.667 bits per heavy atom. The quantitative estimate of drug-likeness (QED) is 0.0825. The molecule has 3 aromatic carbocycles. The highest BCUT2D eigenvalue weighted by molar-refractivity contribution is 8.13. The number of anilines is 3. The molecule has 3 rings (SSSR count). The van der Waals surface area contributed by atoms with Gasteiger partial charge in [-0.15, -0.1) is 0 Å². The van der Waals surface area contributed by atoms with Gasteiger partial charge >= 0.3 is 11.9 Å². The second-order valence-electron chi connectivity index (χ2n) is 13.6. The molecule has 0 saturated heterocycles. The molecule has 9 nitrogen and oxygen atoms in total. The first kappa shape index (κ1) is 38.1. The molecule has 0 unspecified atom stereocenters. The first-order valence-electron chi connectivity index (χ1n) is 16.2. The number of ether oxygens (including phenoxy) is 2. The Kier molecular flexibility index (Phi) is 14.1. The van der Waals surface area contributed by atoms with Gasteiger partial charge in [0.05, 0.1) is 0 Å². The zero-order valence-electron chi connectivity index (χ0n) is 28.8. The summed E-state index contributed by atoms with van der Waals surface area (Å²) in [6.07, 6.45) is 1.14. The average Bonchev–Trinajstić information content (AvgIpc) is 3.00. The molecule has 0 aliphatic carbocycles. The molecule has 0 fully saturated rings. The normalized spacial score (nSPS) is 11.5. The lowest BCUT2D eigenvalue weighted by atomic mass is 9.79. The lowest BCUT2D eigenvalue weighted by molar-refractivity contribution is -0.152. The van der Waals surface area contributed by atoms with Crippen molar-refractivity contribution in [3.8, 4) is 5.75 Å². The van der Waals surface area contributed by atoms with Gasteiger partial charge in [0.1, 0.15) is 19.0 Å². The van der Waals surface area contributed by atoms with Crippen LogP contribution >= 0.6 is 11.8 Å². The lowest BCUT2D eigenvalue weighted by Crippen LogP contribution is -2.17. The molecule has 0 bridgehead atoms. The van der Waals surface area contributed by atoms with E-state index in [-0.39, 0.29) is 66.5 Å². The second kappa shape index (κ2) is 17.7. The summed E-state index contributed by atoms with van der Waals surface area (Å²) < 4.78 is 10.2. The van der Waals surface area contributed by atoms with Gasteiger partial charge in [0.25, 0.3) is 0 Å². The van der Waals surface area contributed by atoms with Crippen LogP contribution in [0.3, 0.4) is 0 Å². The van der Waals surface area contributed by atoms with Crippen molar-refractivity contribution in [3.63, 3.8) is 0 Å². The molecule has 0 atom stereocenters. The molecular formula is C38H48N2O7S. The minimum absolute atomic E-state index is 0.0661. The molecule has 10 heteroatoms. The number of amides is 1. The van der Waals surface area contributed by atoms with Crippen molar-refractivity contribution in [2.75, 3.05) is 23.8 Å². The fourth-order valence-corrected chi connectivity index (χ4v) is 5.63. The van der Waals surface area contributed by atoms with Gasteiger partial charge in [0, 0.05) is 58.8 Å². The Labute approximate surface area is 288 Å². The number of rotatable bonds is 15. The van der Waals surface area contributed by atoms with E-state index in [1.54, 1.807) is 12.1 Å². The fourth-order valence-electron chi connectivity index (χ4n) is 4.77. The van der Waals surface area contributed by atoms with Gasteiger partial charge in [-0.05, 0) is 72.2 Å². The monoisotopic (exact) mass is 676 g/mol. The highest BCUT2D eigenvalue weighted by Gasteiger charge is 2.27. The molecule has 48 heavy (non-hydrogen) atoms. The highest BCUT2D eigenvalue weighted by Crippen LogP contribution is 2.42. The average molecular weight is 677 g/mol. The van der Waals surface area contributed by atoms with E-state index >= 15 is 0 Å². The number of phenols is 1. The Morgan fingerprint density at radius 2 is 1.15 bits per heavy atom. The number of para-hydroxylation sites is 1. The zero-order chi connectivity index (χ0) is 35.3. The summed E-state index contributed by atoms with van der Waals surface area (Å²) in [6, 6.07) is 20.8. The van der Waals surface area contributed by atoms with Gasteiger partial charge in [-0.25, -0.2) is 0 Å². The van der Waals surface area contributed by atoms with Crippen LogP contribution in [-0.4, -0.2) is 41.3 Å². The summed E-state index contributed by atoms with van der Waals surface area (Å²) in [5, 5.41) is 16.9. The first-order valence-corrected chi connectivity index (χ1v) is 17.1. The second-order valence-corrected chi connectivity index (χ2v) is 14.7. The topological polar surface area (TPSA) is 131 Å². The smallest absolute Gasteiger partial charge is 0.305 e. The molecule has 0 spiro atoms. The van der Waals surface area contributed by atoms with Crippen molar-refractivity contribution in [3.05, 3.63) is 77.9 Å². The summed E-state index contributed by atoms with van der Waals surface area (Å²) in [7, 11) is 0. The van der Waals surface area contributed by atoms with E-state index < -0.39 is 11.9 Å². The standard InChI is InChI=1S/C38H48N2O7S/c1-37(2,3)30-24-29(25-31(36(30)45)38(4,5)6)48-35(44)17-11-16-34(43)47-23-22-46-33(42)15-10-14-32(41)40-28-20-18-27(19-21-28)39-26-12-8-7-9-13-26/h7-9,12-13,18-21,24-25,39,45H,10-11,14-17,22-23H2,1-6H3,(H,40,41). The molecule has 0 aliphatic rings. The number of aromatic hydroxyl groups is 1. The van der Waals surface area contributed by atoms with Crippen molar-refractivity contribution in [1.29, 1.82) is 0 Å². The van der Waals surface area contributed by atoms with E-state index in [2.05, 4.69) is 10.6 Å². The Hall–Kier alpha value is -4.31. The third-order valence-corrected chi connectivity index (χ3v) is 8.22. The van der Waals surface area contributed by atoms with Crippen LogP contribution in [0.2, 0.25) is 0 Å². The molecule has 0 heterocycles. The molecular weight excluding hydrogens is 628 g/mol. The minimum Gasteiger partial charge on any atom is -0.507 e. The zero-order valence-corrected chi connectivity index (χ0v) is 29.6. The third kappa shape index (κ3) is 13.1. The van der Waals surface area contributed by atoms with Crippen LogP contribution in [0.15, 0.2) is 71.6 Å². The van der Waals surface area contributed by atoms with Crippen LogP contribution in [-0.2, 0) is 39.5 Å². The highest BCUT2D eigenvalue weighted by atomic mass is 32.2. The van der Waals surface area contributed by atoms with E-state index in [1.165, 1.54) is 0 Å². The van der Waals surface area contributed by atoms with Gasteiger partial charge in [-0.1, -0.05) is 71.5 Å². The van der Waals surface area contributed by atoms with Crippen LogP contribution in [0.1, 0.15) is 91.2 Å². The van der Waals surface area contributed by atoms with Crippen molar-refractivity contribution in [2.45, 2.75) is 95.8 Å². The number of hydrogen-bond acceptors (Lipinski definition) is 9. The third-order valence-electron chi connectivity index (χ3n) is 7.32. The molecule has 3 aromatic rings. The van der Waals surface area contributed by atoms with Crippen molar-refractivity contribution in [2.24, 2.45) is 0 Å². The molecule has 258 valence electrons. The Morgan fingerprint density at radius 3 is 1.67 bits per heavy atom. The van der Waals surface area contributed by atoms with E-state index in [0.29, 0.717) is 18.5 Å². The van der Waals surface area contributed by atoms with Crippen LogP contribution < -0.4 is 10.6 Å². The predicted octanol–water partition coefficient (Wildman–Crippen LogP) is 8.42. The molecule has 1 amide bonds. The van der Waals surface area contributed by atoms with E-state index in [1.807, 2.05) is 96.1 Å². The van der Waals surface area contributed by atoms with E-state index in [4.69, 9.17) is 9.47 Å². The molecule has 0 saturated carbocycles. The van der Waals surface area contributed by atoms with Crippen LogP contribution in [0, 0.1) is 0 Å². The van der Waals surface area contributed by atoms with E-state index in [9.17, 15) is 24.3 Å². The van der Waals surface area contributed by atoms with Gasteiger partial charge in [-0.3, -0.25) is 19.2 Å². The first-order chi connectivity index (χ1) is 22.6. The van der Waals surface area contributed by atoms with Gasteiger partial charge in [0.15, 0.2) is 5.12 Å². The SMILES string of the molecule is CC(C)(C)c1cc(SC(=O)CCCC(=O)OCCOC(=O)CCCC(=O)Nc2ccc(Nc3ccccc3)cc2)cc(C(C)(C)C)c1O. The summed E-state index contributed by atoms with van der Waals surface area (Å²) in [4.78, 5) is 49.9. The maximum absolute atomic E-state index is 12.7. The number of esters is 2. The maximum atomic E-state index is 12.7. The summed E-state index contributed by atoms with van der Waals surface area (Å²) in [5.41, 5.74) is 3.50. The number of phenolic OH excluding ortho intramolecular Hbond substituents is 1. The molecule has 3 N–H and O–H groups in total. The Bertz CT molecular complexity index is 1510. The number of thioether (sulfide) groups is 1. The number of benzene rings is 3. The van der Waals surface area contributed by atoms with E-state index in [0.717, 1.165) is 39.2 Å². The predicted molar refractivity (Wildman–Crippen MR) is 191 cm³/mol. The van der Waals surface area contributed by atoms with Gasteiger partial charge < -0.3 is 25.2 Å². The number of hydrogen-bond donors (Lipinski definition) is 3. The van der Waals surface area contributed by atoms with Crippen LogP contribution in [0.25, 0.3) is 0 Å².